The van der Waals surface area contributed by atoms with Gasteiger partial charge in [0.2, 0.25) is 0 Å². The predicted molar refractivity (Wildman–Crippen MR) is 104 cm³/mol. The van der Waals surface area contributed by atoms with Crippen molar-refractivity contribution >= 4 is 5.76 Å². The molecule has 0 spiro atoms. The third-order valence-corrected chi connectivity index (χ3v) is 4.72. The molecular formula is C22H22N2O3. The average molecular weight is 362 g/mol. The van der Waals surface area contributed by atoms with Crippen LogP contribution in [-0.4, -0.2) is 15.3 Å². The largest absolute Gasteiger partial charge is 0.507 e. The number of rotatable bonds is 4. The van der Waals surface area contributed by atoms with Crippen LogP contribution in [0.3, 0.4) is 0 Å². The van der Waals surface area contributed by atoms with Crippen LogP contribution in [0.2, 0.25) is 0 Å². The van der Waals surface area contributed by atoms with Crippen LogP contribution in [-0.2, 0) is 9.47 Å². The molecule has 2 heterocycles. The van der Waals surface area contributed by atoms with Crippen molar-refractivity contribution in [3.05, 3.63) is 77.1 Å². The maximum Gasteiger partial charge on any atom is 0.173 e. The molecule has 0 saturated heterocycles. The Morgan fingerprint density at radius 1 is 1.22 bits per heavy atom. The number of hydrogen-bond donors (Lipinski definition) is 2. The Labute approximate surface area is 158 Å². The molecule has 4 rings (SSSR count). The Kier molecular flexibility index (Phi) is 4.59. The molecule has 0 fully saturated rings. The number of phenolic OH excluding ortho intramolecular Hbond substituents is 1. The summed E-state index contributed by atoms with van der Waals surface area (Å²) in [6.07, 6.45) is 12.4. The highest BCUT2D eigenvalue weighted by Gasteiger charge is 2.23. The van der Waals surface area contributed by atoms with Crippen LogP contribution >= 0.6 is 0 Å². The Balaban J connectivity index is 1.63. The molecule has 1 aromatic heterocycles. The summed E-state index contributed by atoms with van der Waals surface area (Å²) in [6.45, 7) is 3.91. The molecule has 1 aromatic carbocycles. The molecular weight excluding hydrogens is 340 g/mol. The Morgan fingerprint density at radius 2 is 2.11 bits per heavy atom. The van der Waals surface area contributed by atoms with Gasteiger partial charge in [0.15, 0.2) is 5.76 Å². The van der Waals surface area contributed by atoms with Gasteiger partial charge in [-0.15, -0.1) is 0 Å². The summed E-state index contributed by atoms with van der Waals surface area (Å²) in [5.41, 5.74) is 5.30. The summed E-state index contributed by atoms with van der Waals surface area (Å²) >= 11 is 0. The van der Waals surface area contributed by atoms with E-state index in [9.17, 15) is 5.11 Å². The fourth-order valence-corrected chi connectivity index (χ4v) is 3.34. The molecule has 2 N–H and O–H groups in total. The maximum atomic E-state index is 10.3. The first kappa shape index (κ1) is 17.2. The molecule has 2 aromatic rings. The third-order valence-electron chi connectivity index (χ3n) is 4.72. The lowest BCUT2D eigenvalue weighted by molar-refractivity contribution is 0.273. The number of ether oxygens (including phenoxy) is 2. The molecule has 0 radical (unpaired) electrons. The van der Waals surface area contributed by atoms with E-state index in [4.69, 9.17) is 9.47 Å². The second-order valence-electron chi connectivity index (χ2n) is 6.87. The third kappa shape index (κ3) is 3.53. The van der Waals surface area contributed by atoms with Crippen molar-refractivity contribution in [2.45, 2.75) is 33.1 Å². The normalized spacial score (nSPS) is 16.1. The number of nitrogens with zero attached hydrogens (tertiary/aromatic N) is 1. The van der Waals surface area contributed by atoms with E-state index in [1.54, 1.807) is 18.6 Å². The lowest BCUT2D eigenvalue weighted by Crippen LogP contribution is -2.03. The van der Waals surface area contributed by atoms with Gasteiger partial charge in [-0.2, -0.15) is 5.10 Å². The summed E-state index contributed by atoms with van der Waals surface area (Å²) in [4.78, 5) is 0. The molecule has 5 heteroatoms. The van der Waals surface area contributed by atoms with Gasteiger partial charge in [-0.25, -0.2) is 0 Å². The van der Waals surface area contributed by atoms with E-state index in [0.29, 0.717) is 23.4 Å². The first-order valence-electron chi connectivity index (χ1n) is 9.04. The molecule has 0 unspecified atom stereocenters. The number of allylic oxidation sites excluding steroid dienone is 4. The molecule has 0 bridgehead atoms. The van der Waals surface area contributed by atoms with Crippen molar-refractivity contribution in [3.63, 3.8) is 0 Å². The second-order valence-corrected chi connectivity index (χ2v) is 6.87. The zero-order chi connectivity index (χ0) is 18.8. The van der Waals surface area contributed by atoms with Crippen molar-refractivity contribution < 1.29 is 14.6 Å². The second kappa shape index (κ2) is 7.19. The molecule has 138 valence electrons. The van der Waals surface area contributed by atoms with E-state index in [1.807, 2.05) is 26.0 Å². The number of aryl methyl sites for hydroxylation is 2. The van der Waals surface area contributed by atoms with Gasteiger partial charge in [0.25, 0.3) is 0 Å². The monoisotopic (exact) mass is 362 g/mol. The number of phenols is 1. The first-order chi connectivity index (χ1) is 13.1. The first-order valence-corrected chi connectivity index (χ1v) is 9.04. The minimum Gasteiger partial charge on any atom is -0.507 e. The minimum atomic E-state index is 0.181. The topological polar surface area (TPSA) is 67.4 Å². The molecule has 1 aliphatic carbocycles. The Bertz CT molecular complexity index is 993. The number of aromatic nitrogens is 2. The average Bonchev–Trinajstić information content (AvgIpc) is 3.06. The standard InChI is InChI=1S/C22H22N2O3/c1-14-8-9-19(25)18(10-14)22-21(15(2)23-24-22)20-13-26-12-17(27-20)11-16-6-4-3-5-7-16/h3-4,6,8-10,12-13,25H,5,7,11H2,1-2H3,(H,23,24). The van der Waals surface area contributed by atoms with Crippen LogP contribution < -0.4 is 0 Å². The molecule has 0 atom stereocenters. The fraction of sp³-hybridized carbons (Fsp3) is 0.227. The molecule has 0 amide bonds. The van der Waals surface area contributed by atoms with Gasteiger partial charge < -0.3 is 14.6 Å². The van der Waals surface area contributed by atoms with Crippen LogP contribution in [0.4, 0.5) is 0 Å². The molecule has 2 aliphatic rings. The highest BCUT2D eigenvalue weighted by atomic mass is 16.5. The van der Waals surface area contributed by atoms with Gasteiger partial charge in [0.05, 0.1) is 5.56 Å². The molecule has 5 nitrogen and oxygen atoms in total. The summed E-state index contributed by atoms with van der Waals surface area (Å²) in [7, 11) is 0. The van der Waals surface area contributed by atoms with Crippen LogP contribution in [0, 0.1) is 13.8 Å². The van der Waals surface area contributed by atoms with Gasteiger partial charge in [0, 0.05) is 17.7 Å². The van der Waals surface area contributed by atoms with E-state index in [2.05, 4.69) is 28.4 Å². The Hall–Kier alpha value is -3.21. The number of aromatic amines is 1. The molecule has 27 heavy (non-hydrogen) atoms. The van der Waals surface area contributed by atoms with Crippen LogP contribution in [0.25, 0.3) is 17.0 Å². The summed E-state index contributed by atoms with van der Waals surface area (Å²) in [6, 6.07) is 5.46. The summed E-state index contributed by atoms with van der Waals surface area (Å²) < 4.78 is 11.7. The highest BCUT2D eigenvalue weighted by molar-refractivity contribution is 5.81. The molecule has 0 saturated carbocycles. The molecule has 1 aliphatic heterocycles. The lowest BCUT2D eigenvalue weighted by Gasteiger charge is -2.19. The van der Waals surface area contributed by atoms with Crippen molar-refractivity contribution in [1.82, 2.24) is 10.2 Å². The van der Waals surface area contributed by atoms with Gasteiger partial charge >= 0.3 is 0 Å². The zero-order valence-electron chi connectivity index (χ0n) is 15.5. The van der Waals surface area contributed by atoms with Gasteiger partial charge in [-0.3, -0.25) is 5.10 Å². The zero-order valence-corrected chi connectivity index (χ0v) is 15.5. The smallest absolute Gasteiger partial charge is 0.173 e. The number of hydrogen-bond acceptors (Lipinski definition) is 4. The summed E-state index contributed by atoms with van der Waals surface area (Å²) in [5, 5.41) is 17.7. The number of benzene rings is 1. The lowest BCUT2D eigenvalue weighted by atomic mass is 10.0. The van der Waals surface area contributed by atoms with Crippen molar-refractivity contribution in [2.24, 2.45) is 0 Å². The van der Waals surface area contributed by atoms with E-state index >= 15 is 0 Å². The van der Waals surface area contributed by atoms with Crippen molar-refractivity contribution in [1.29, 1.82) is 0 Å². The van der Waals surface area contributed by atoms with Crippen molar-refractivity contribution in [3.8, 4) is 17.0 Å². The van der Waals surface area contributed by atoms with E-state index < -0.39 is 0 Å². The number of aromatic hydroxyl groups is 1. The quantitative estimate of drug-likeness (QED) is 0.779. The van der Waals surface area contributed by atoms with Gasteiger partial charge in [-0.05, 0) is 38.8 Å². The maximum absolute atomic E-state index is 10.3. The minimum absolute atomic E-state index is 0.181. The van der Waals surface area contributed by atoms with Crippen molar-refractivity contribution in [2.75, 3.05) is 0 Å². The van der Waals surface area contributed by atoms with Gasteiger partial charge in [0.1, 0.15) is 29.7 Å². The number of H-pyrrole nitrogens is 1. The van der Waals surface area contributed by atoms with Crippen LogP contribution in [0.15, 0.2) is 60.3 Å². The van der Waals surface area contributed by atoms with E-state index in [0.717, 1.165) is 35.4 Å². The van der Waals surface area contributed by atoms with Gasteiger partial charge in [-0.1, -0.05) is 35.4 Å². The van der Waals surface area contributed by atoms with E-state index in [-0.39, 0.29) is 5.75 Å². The fourth-order valence-electron chi connectivity index (χ4n) is 3.34. The van der Waals surface area contributed by atoms with E-state index in [1.165, 1.54) is 5.57 Å². The summed E-state index contributed by atoms with van der Waals surface area (Å²) in [5.74, 6) is 1.52. The highest BCUT2D eigenvalue weighted by Crippen LogP contribution is 2.38. The Morgan fingerprint density at radius 3 is 2.93 bits per heavy atom. The SMILES string of the molecule is Cc1ccc(O)c(-c2n[nH]c(C)c2C2=COC=C(CC3=CC=CCC3)O2)c1. The number of nitrogens with one attached hydrogen (secondary N) is 1. The predicted octanol–water partition coefficient (Wildman–Crippen LogP) is 5.25. The van der Waals surface area contributed by atoms with Crippen LogP contribution in [0.1, 0.15) is 36.1 Å². The van der Waals surface area contributed by atoms with Crippen LogP contribution in [0.5, 0.6) is 5.75 Å².